The van der Waals surface area contributed by atoms with Crippen LogP contribution in [0.5, 0.6) is 11.5 Å². The molecule has 2 aromatic carbocycles. The lowest BCUT2D eigenvalue weighted by molar-refractivity contribution is -0.147. The summed E-state index contributed by atoms with van der Waals surface area (Å²) in [7, 11) is -5.23. The Morgan fingerprint density at radius 2 is 1.39 bits per heavy atom. The molecule has 528 valence electrons. The molecule has 13 atom stereocenters. The van der Waals surface area contributed by atoms with Crippen molar-refractivity contribution in [1.29, 1.82) is 0 Å². The molecule has 35 heteroatoms. The summed E-state index contributed by atoms with van der Waals surface area (Å²) in [4.78, 5) is 115. The number of amides is 7. The van der Waals surface area contributed by atoms with Gasteiger partial charge in [-0.15, -0.1) is 10.2 Å². The number of primary amides is 1. The third-order valence-electron chi connectivity index (χ3n) is 18.6. The molecule has 0 unspecified atom stereocenters. The second-order valence-electron chi connectivity index (χ2n) is 26.0. The number of benzene rings is 2. The standard InChI is InChI=1S/C62H84N14O19S2/c1-31-27-76-52(53(31)84)57(88)65-26-38(78)20-42(64-23-34-28-74(29-34)62-72-71-58(96-62)36-11-9-35(10-12-36)37-24-66-61(67-25-37)73-16-14-41(15-17-73)94-40-6-4-3-5-7-40)54(85)68-49(32(2)77)59(89)75-30-39(79)21-43(75)55(86)69-50(56(87)70-51(60(76)90)46(82)22-48(63)83)45(81)18-33-8-13-44(80)47(19-33)95-97(91,92)93/h8-13,19,24-25,31-32,34,38-43,45-46,49-53,64,77-82,84H,3-7,14-18,20-23,26-30H2,1-2H3,(H2,63,83)(H,65,88)(H,68,85)(H,69,86)(H,70,87)(H,91,92,93)/t31-,32+,38+,39+,42-,43-,45+,46+,49-,50-,51-,52-,53-/m0/s1. The van der Waals surface area contributed by atoms with E-state index in [1.165, 1.54) is 44.4 Å². The lowest BCUT2D eigenvalue weighted by atomic mass is 9.97. The number of hydrogen-bond donors (Lipinski definition) is 14. The van der Waals surface area contributed by atoms with Crippen molar-refractivity contribution in [2.24, 2.45) is 17.6 Å². The summed E-state index contributed by atoms with van der Waals surface area (Å²) in [5, 5.41) is 102. The minimum absolute atomic E-state index is 0.114. The van der Waals surface area contributed by atoms with Gasteiger partial charge >= 0.3 is 10.4 Å². The Labute approximate surface area is 562 Å². The van der Waals surface area contributed by atoms with Gasteiger partial charge < -0.3 is 96.6 Å². The average molecular weight is 1390 g/mol. The van der Waals surface area contributed by atoms with Gasteiger partial charge in [-0.3, -0.25) is 38.1 Å². The van der Waals surface area contributed by atoms with Crippen LogP contribution in [0.3, 0.4) is 0 Å². The predicted molar refractivity (Wildman–Crippen MR) is 345 cm³/mol. The lowest BCUT2D eigenvalue weighted by Gasteiger charge is -2.39. The average Bonchev–Trinajstić information content (AvgIpc) is 1.72. The SMILES string of the molecule is C[C@@H](O)[C@@H]1NC(=O)[C@@H](NCC2CN(c3nnc(-c4ccc(-c5cnc(N6CCC(OC7CCCCC7)CC6)nc5)cc4)s3)C2)C[C@@H](O)CNC(=O)[C@@H]2[C@@H](O)[C@@H](C)CN2C(=O)[C@H]([C@H](O)CC(N)=O)NC(=O)[C@H]([C@H](O)Cc2ccc(O)c(OS(=O)(=O)O)c2)NC(=O)[C@@H]2C[C@@H](O)CN2C1=O. The number of nitrogens with one attached hydrogen (secondary N) is 5. The van der Waals surface area contributed by atoms with E-state index in [4.69, 9.17) is 20.4 Å². The highest BCUT2D eigenvalue weighted by Crippen LogP contribution is 2.35. The van der Waals surface area contributed by atoms with Crippen LogP contribution in [0.4, 0.5) is 11.1 Å². The fourth-order valence-corrected chi connectivity index (χ4v) is 14.5. The first-order valence-corrected chi connectivity index (χ1v) is 34.6. The van der Waals surface area contributed by atoms with Gasteiger partial charge in [0.15, 0.2) is 11.5 Å². The van der Waals surface area contributed by atoms with Crippen molar-refractivity contribution < 1.29 is 91.2 Å². The van der Waals surface area contributed by atoms with Gasteiger partial charge in [-0.05, 0) is 62.3 Å². The fourth-order valence-electron chi connectivity index (χ4n) is 13.2. The van der Waals surface area contributed by atoms with Crippen molar-refractivity contribution in [3.8, 4) is 33.2 Å². The topological polar surface area (TPSA) is 485 Å². The molecular formula is C62H84N14O19S2. The zero-order valence-electron chi connectivity index (χ0n) is 53.4. The van der Waals surface area contributed by atoms with E-state index in [0.717, 1.165) is 83.5 Å². The molecule has 1 aliphatic carbocycles. The number of carbonyl (C=O) groups excluding carboxylic acids is 7. The molecule has 7 amide bonds. The Bertz CT molecular complexity index is 3580. The summed E-state index contributed by atoms with van der Waals surface area (Å²) in [6.07, 6.45) is -1.06. The Balaban J connectivity index is 0.832. The van der Waals surface area contributed by atoms with Gasteiger partial charge in [0.2, 0.25) is 52.4 Å². The van der Waals surface area contributed by atoms with Crippen LogP contribution in [0.1, 0.15) is 83.6 Å². The Morgan fingerprint density at radius 3 is 2.06 bits per heavy atom. The van der Waals surface area contributed by atoms with Crippen molar-refractivity contribution in [2.45, 2.75) is 170 Å². The number of ether oxygens (including phenoxy) is 1. The van der Waals surface area contributed by atoms with Gasteiger partial charge in [0, 0.05) is 101 Å². The number of fused-ring (bicyclic) bond motifs is 2. The second kappa shape index (κ2) is 31.4. The molecule has 0 bridgehead atoms. The minimum atomic E-state index is -5.23. The monoisotopic (exact) mass is 1390 g/mol. The highest BCUT2D eigenvalue weighted by atomic mass is 32.3. The number of aromatic hydroxyl groups is 1. The maximum absolute atomic E-state index is 14.7. The van der Waals surface area contributed by atoms with E-state index in [0.29, 0.717) is 35.3 Å². The van der Waals surface area contributed by atoms with Crippen LogP contribution in [0.15, 0.2) is 54.9 Å². The zero-order valence-corrected chi connectivity index (χ0v) is 55.0. The number of nitrogens with two attached hydrogens (primary N) is 1. The molecule has 10 rings (SSSR count). The molecule has 2 aromatic heterocycles. The summed E-state index contributed by atoms with van der Waals surface area (Å²) in [5.41, 5.74) is 7.92. The third kappa shape index (κ3) is 17.9. The van der Waals surface area contributed by atoms with E-state index in [1.807, 2.05) is 41.6 Å². The normalized spacial score (nSPS) is 27.5. The lowest BCUT2D eigenvalue weighted by Crippen LogP contribution is -2.64. The van der Waals surface area contributed by atoms with Crippen LogP contribution in [-0.4, -0.2) is 257 Å². The Morgan fingerprint density at radius 1 is 0.742 bits per heavy atom. The summed E-state index contributed by atoms with van der Waals surface area (Å²) in [6, 6.07) is -0.491. The molecule has 15 N–H and O–H groups in total. The predicted octanol–water partition coefficient (Wildman–Crippen LogP) is -3.01. The number of hydrogen-bond acceptors (Lipinski definition) is 26. The van der Waals surface area contributed by atoms with Crippen molar-refractivity contribution in [3.05, 3.63) is 60.4 Å². The zero-order chi connectivity index (χ0) is 69.6. The van der Waals surface area contributed by atoms with E-state index in [1.54, 1.807) is 0 Å². The molecule has 7 heterocycles. The first-order chi connectivity index (χ1) is 46.2. The number of aromatic nitrogens is 4. The molecule has 6 fully saturated rings. The highest BCUT2D eigenvalue weighted by Gasteiger charge is 2.50. The summed E-state index contributed by atoms with van der Waals surface area (Å²) in [6.45, 7) is 3.80. The van der Waals surface area contributed by atoms with Crippen LogP contribution < -0.4 is 46.3 Å². The molecule has 0 spiro atoms. The fraction of sp³-hybridized carbons (Fsp3) is 0.597. The number of nitrogens with zero attached hydrogens (tertiary/aromatic N) is 8. The number of phenolic OH excluding ortho intramolecular Hbond substituents is 1. The molecule has 1 saturated carbocycles. The van der Waals surface area contributed by atoms with E-state index in [9.17, 15) is 82.3 Å². The number of β-amino-alcohol motifs (C(OH)–C–C–N with tert-alkyl or cyclic N) is 1. The molecule has 33 nitrogen and oxygen atoms in total. The van der Waals surface area contributed by atoms with Gasteiger partial charge in [0.05, 0.1) is 61.3 Å². The first kappa shape index (κ1) is 71.9. The Kier molecular flexibility index (Phi) is 23.2. The van der Waals surface area contributed by atoms with Crippen molar-refractivity contribution in [2.75, 3.05) is 62.2 Å². The van der Waals surface area contributed by atoms with E-state index in [2.05, 4.69) is 45.9 Å². The smallest absolute Gasteiger partial charge is 0.446 e. The second-order valence-corrected chi connectivity index (χ2v) is 28.0. The maximum atomic E-state index is 14.7. The van der Waals surface area contributed by atoms with E-state index in [-0.39, 0.29) is 24.1 Å². The number of carbonyl (C=O) groups is 7. The summed E-state index contributed by atoms with van der Waals surface area (Å²) >= 11 is 1.38. The molecule has 97 heavy (non-hydrogen) atoms. The number of anilines is 2. The van der Waals surface area contributed by atoms with Crippen LogP contribution in [0.2, 0.25) is 0 Å². The molecule has 6 aliphatic rings. The molecular weight excluding hydrogens is 1310 g/mol. The van der Waals surface area contributed by atoms with Crippen LogP contribution in [0.25, 0.3) is 21.7 Å². The van der Waals surface area contributed by atoms with Gasteiger partial charge in [0.1, 0.15) is 35.2 Å². The minimum Gasteiger partial charge on any atom is -0.504 e. The van der Waals surface area contributed by atoms with Crippen LogP contribution >= 0.6 is 11.3 Å². The Hall–Kier alpha value is -7.84. The summed E-state index contributed by atoms with van der Waals surface area (Å²) in [5.74, 6) is -10.2. The van der Waals surface area contributed by atoms with Crippen molar-refractivity contribution in [3.63, 3.8) is 0 Å². The number of aliphatic hydroxyl groups excluding tert-OH is 6. The van der Waals surface area contributed by atoms with Crippen molar-refractivity contribution in [1.82, 2.24) is 56.5 Å². The summed E-state index contributed by atoms with van der Waals surface area (Å²) < 4.78 is 43.3. The largest absolute Gasteiger partial charge is 0.504 e. The van der Waals surface area contributed by atoms with Gasteiger partial charge in [-0.25, -0.2) is 9.97 Å². The maximum Gasteiger partial charge on any atom is 0.446 e. The molecule has 0 radical (unpaired) electrons. The van der Waals surface area contributed by atoms with E-state index < -0.39 is 187 Å². The first-order valence-electron chi connectivity index (χ1n) is 32.5. The van der Waals surface area contributed by atoms with Crippen LogP contribution in [0, 0.1) is 11.8 Å². The number of aliphatic hydroxyl groups is 6. The van der Waals surface area contributed by atoms with Gasteiger partial charge in [-0.1, -0.05) is 67.9 Å². The quantitative estimate of drug-likeness (QED) is 0.0441. The third-order valence-corrected chi connectivity index (χ3v) is 20.0. The van der Waals surface area contributed by atoms with Gasteiger partial charge in [-0.2, -0.15) is 8.42 Å². The van der Waals surface area contributed by atoms with Crippen molar-refractivity contribution >= 4 is 74.2 Å². The molecule has 5 aliphatic heterocycles. The van der Waals surface area contributed by atoms with E-state index >= 15 is 0 Å². The van der Waals surface area contributed by atoms with Gasteiger partial charge in [0.25, 0.3) is 0 Å². The molecule has 5 saturated heterocycles. The molecule has 4 aromatic rings. The highest BCUT2D eigenvalue weighted by molar-refractivity contribution is 7.81. The van der Waals surface area contributed by atoms with Crippen LogP contribution in [-0.2, 0) is 55.1 Å². The number of piperidine rings is 1. The number of phenols is 1. The number of rotatable bonds is 18.